The molecule has 0 aliphatic rings. The molecule has 0 bridgehead atoms. The first-order valence-electron chi connectivity index (χ1n) is 4.26. The van der Waals surface area contributed by atoms with Crippen molar-refractivity contribution < 1.29 is 4.74 Å². The summed E-state index contributed by atoms with van der Waals surface area (Å²) in [4.78, 5) is 0. The number of thiol groups is 1. The summed E-state index contributed by atoms with van der Waals surface area (Å²) in [6, 6.07) is 6.04. The van der Waals surface area contributed by atoms with Crippen LogP contribution in [0.1, 0.15) is 6.92 Å². The lowest BCUT2D eigenvalue weighted by atomic mass is 10.2. The Labute approximate surface area is 101 Å². The molecule has 0 aliphatic carbocycles. The van der Waals surface area contributed by atoms with Gasteiger partial charge in [0.1, 0.15) is 5.75 Å². The van der Waals surface area contributed by atoms with Crippen LogP contribution >= 0.6 is 39.9 Å². The van der Waals surface area contributed by atoms with Crippen molar-refractivity contribution in [3.8, 4) is 5.75 Å². The van der Waals surface area contributed by atoms with Crippen LogP contribution in [0.3, 0.4) is 0 Å². The molecule has 14 heavy (non-hydrogen) atoms. The van der Waals surface area contributed by atoms with Crippen LogP contribution in [0.25, 0.3) is 10.1 Å². The molecule has 74 valence electrons. The molecule has 0 N–H and O–H groups in total. The topological polar surface area (TPSA) is 9.23 Å². The molecule has 2 aromatic rings. The second kappa shape index (κ2) is 4.13. The Bertz CT molecular complexity index is 464. The highest BCUT2D eigenvalue weighted by Crippen LogP contribution is 2.39. The van der Waals surface area contributed by atoms with Gasteiger partial charge in [-0.05, 0) is 25.1 Å². The van der Waals surface area contributed by atoms with Crippen molar-refractivity contribution in [2.45, 2.75) is 11.1 Å². The second-order valence-corrected chi connectivity index (χ2v) is 5.50. The molecule has 0 amide bonds. The number of thiophene rings is 1. The first-order chi connectivity index (χ1) is 6.72. The van der Waals surface area contributed by atoms with Crippen molar-refractivity contribution >= 4 is 50.0 Å². The summed E-state index contributed by atoms with van der Waals surface area (Å²) in [7, 11) is 0. The molecule has 0 fully saturated rings. The van der Waals surface area contributed by atoms with Gasteiger partial charge in [0.2, 0.25) is 0 Å². The Morgan fingerprint density at radius 1 is 1.50 bits per heavy atom. The van der Waals surface area contributed by atoms with E-state index in [4.69, 9.17) is 4.74 Å². The van der Waals surface area contributed by atoms with E-state index in [1.54, 1.807) is 11.3 Å². The van der Waals surface area contributed by atoms with E-state index < -0.39 is 0 Å². The molecule has 0 unspecified atom stereocenters. The Kier molecular flexibility index (Phi) is 3.04. The molecule has 0 spiro atoms. The maximum atomic E-state index is 5.54. The molecular formula is C10H9BrOS2. The van der Waals surface area contributed by atoms with Crippen molar-refractivity contribution in [1.82, 2.24) is 0 Å². The number of hydrogen-bond acceptors (Lipinski definition) is 3. The van der Waals surface area contributed by atoms with Gasteiger partial charge in [-0.2, -0.15) is 0 Å². The van der Waals surface area contributed by atoms with E-state index in [9.17, 15) is 0 Å². The molecule has 1 nitrogen and oxygen atoms in total. The Morgan fingerprint density at radius 3 is 3.00 bits per heavy atom. The van der Waals surface area contributed by atoms with Gasteiger partial charge >= 0.3 is 0 Å². The lowest BCUT2D eigenvalue weighted by Gasteiger charge is -2.04. The molecule has 4 heteroatoms. The van der Waals surface area contributed by atoms with E-state index in [1.807, 2.05) is 19.1 Å². The van der Waals surface area contributed by atoms with E-state index in [-0.39, 0.29) is 0 Å². The molecular weight excluding hydrogens is 280 g/mol. The van der Waals surface area contributed by atoms with Crippen molar-refractivity contribution in [2.75, 3.05) is 6.61 Å². The summed E-state index contributed by atoms with van der Waals surface area (Å²) < 4.78 is 8.80. The zero-order valence-electron chi connectivity index (χ0n) is 7.58. The van der Waals surface area contributed by atoms with Crippen LogP contribution in [0.4, 0.5) is 0 Å². The number of ether oxygens (including phenoxy) is 1. The van der Waals surface area contributed by atoms with Crippen LogP contribution in [0, 0.1) is 0 Å². The Balaban J connectivity index is 2.68. The molecule has 1 aromatic heterocycles. The third-order valence-electron chi connectivity index (χ3n) is 1.88. The fraction of sp³-hybridized carbons (Fsp3) is 0.200. The Morgan fingerprint density at radius 2 is 2.29 bits per heavy atom. The third kappa shape index (κ3) is 1.78. The van der Waals surface area contributed by atoms with Crippen molar-refractivity contribution in [2.24, 2.45) is 0 Å². The molecule has 0 aliphatic heterocycles. The second-order valence-electron chi connectivity index (χ2n) is 2.81. The summed E-state index contributed by atoms with van der Waals surface area (Å²) in [5.74, 6) is 0.941. The van der Waals surface area contributed by atoms with Crippen LogP contribution < -0.4 is 4.74 Å². The van der Waals surface area contributed by atoms with Crippen molar-refractivity contribution in [3.63, 3.8) is 0 Å². The van der Waals surface area contributed by atoms with E-state index >= 15 is 0 Å². The van der Waals surface area contributed by atoms with Gasteiger partial charge in [-0.15, -0.1) is 24.0 Å². The van der Waals surface area contributed by atoms with E-state index in [0.717, 1.165) is 19.1 Å². The maximum absolute atomic E-state index is 5.54. The summed E-state index contributed by atoms with van der Waals surface area (Å²) in [5.41, 5.74) is 0. The quantitative estimate of drug-likeness (QED) is 0.809. The van der Waals surface area contributed by atoms with Gasteiger partial charge in [-0.1, -0.05) is 15.9 Å². The minimum absolute atomic E-state index is 0.691. The maximum Gasteiger partial charge on any atom is 0.137 e. The molecule has 1 heterocycles. The molecule has 0 saturated heterocycles. The summed E-state index contributed by atoms with van der Waals surface area (Å²) in [6.45, 7) is 2.68. The van der Waals surface area contributed by atoms with Gasteiger partial charge in [0, 0.05) is 9.86 Å². The molecule has 0 atom stereocenters. The first-order valence-corrected chi connectivity index (χ1v) is 6.32. The third-order valence-corrected chi connectivity index (χ3v) is 3.93. The fourth-order valence-electron chi connectivity index (χ4n) is 1.32. The monoisotopic (exact) mass is 288 g/mol. The number of rotatable bonds is 2. The van der Waals surface area contributed by atoms with E-state index in [1.165, 1.54) is 5.39 Å². The summed E-state index contributed by atoms with van der Waals surface area (Å²) in [5, 5.41) is 1.17. The summed E-state index contributed by atoms with van der Waals surface area (Å²) in [6.07, 6.45) is 0. The van der Waals surface area contributed by atoms with Crippen LogP contribution in [0.15, 0.2) is 26.9 Å². The fourth-order valence-corrected chi connectivity index (χ4v) is 3.19. The van der Waals surface area contributed by atoms with Crippen molar-refractivity contribution in [3.05, 3.63) is 22.7 Å². The average Bonchev–Trinajstić information content (AvgIpc) is 2.53. The first kappa shape index (κ1) is 10.3. The highest BCUT2D eigenvalue weighted by molar-refractivity contribution is 9.10. The molecule has 0 radical (unpaired) electrons. The van der Waals surface area contributed by atoms with Crippen LogP contribution in [0.2, 0.25) is 0 Å². The van der Waals surface area contributed by atoms with Gasteiger partial charge in [-0.25, -0.2) is 0 Å². The lowest BCUT2D eigenvalue weighted by molar-refractivity contribution is 0.345. The zero-order chi connectivity index (χ0) is 10.1. The standard InChI is InChI=1S/C10H9BrOS2/c1-2-12-8-4-3-7(11)6-5-9(13)14-10(6)8/h3-5,13H,2H2,1H3. The predicted molar refractivity (Wildman–Crippen MR) is 67.9 cm³/mol. The minimum atomic E-state index is 0.691. The van der Waals surface area contributed by atoms with E-state index in [2.05, 4.69) is 34.6 Å². The predicted octanol–water partition coefficient (Wildman–Crippen LogP) is 4.35. The van der Waals surface area contributed by atoms with Gasteiger partial charge in [0.15, 0.2) is 0 Å². The SMILES string of the molecule is CCOc1ccc(Br)c2cc(S)sc12. The minimum Gasteiger partial charge on any atom is -0.492 e. The lowest BCUT2D eigenvalue weighted by Crippen LogP contribution is -1.90. The van der Waals surface area contributed by atoms with Crippen LogP contribution in [-0.4, -0.2) is 6.61 Å². The molecule has 1 aromatic carbocycles. The smallest absolute Gasteiger partial charge is 0.137 e. The van der Waals surface area contributed by atoms with Crippen LogP contribution in [-0.2, 0) is 0 Å². The van der Waals surface area contributed by atoms with Crippen molar-refractivity contribution in [1.29, 1.82) is 0 Å². The van der Waals surface area contributed by atoms with Gasteiger partial charge < -0.3 is 4.74 Å². The van der Waals surface area contributed by atoms with Gasteiger partial charge in [0.05, 0.1) is 15.5 Å². The Hall–Kier alpha value is -0.190. The largest absolute Gasteiger partial charge is 0.492 e. The number of hydrogen-bond donors (Lipinski definition) is 1. The number of benzene rings is 1. The number of halogens is 1. The number of fused-ring (bicyclic) bond motifs is 1. The highest BCUT2D eigenvalue weighted by atomic mass is 79.9. The summed E-state index contributed by atoms with van der Waals surface area (Å²) >= 11 is 9.50. The zero-order valence-corrected chi connectivity index (χ0v) is 10.9. The average molecular weight is 289 g/mol. The van der Waals surface area contributed by atoms with Gasteiger partial charge in [-0.3, -0.25) is 0 Å². The highest BCUT2D eigenvalue weighted by Gasteiger charge is 2.08. The van der Waals surface area contributed by atoms with E-state index in [0.29, 0.717) is 6.61 Å². The normalized spacial score (nSPS) is 10.8. The molecule has 0 saturated carbocycles. The van der Waals surface area contributed by atoms with Crippen LogP contribution in [0.5, 0.6) is 5.75 Å². The van der Waals surface area contributed by atoms with Gasteiger partial charge in [0.25, 0.3) is 0 Å². The molecule has 2 rings (SSSR count).